The summed E-state index contributed by atoms with van der Waals surface area (Å²) in [6.45, 7) is 2.81. The fraction of sp³-hybridized carbons (Fsp3) is 0.400. The first-order valence-electron chi connectivity index (χ1n) is 10.1. The zero-order chi connectivity index (χ0) is 20.5. The molecule has 0 spiro atoms. The number of fused-ring (bicyclic) bond motifs is 1. The number of anilines is 2. The molecule has 2 fully saturated rings. The van der Waals surface area contributed by atoms with Crippen molar-refractivity contribution >= 4 is 28.1 Å². The molecule has 2 aromatic heterocycles. The van der Waals surface area contributed by atoms with Crippen molar-refractivity contribution in [1.82, 2.24) is 26.2 Å². The predicted octanol–water partition coefficient (Wildman–Crippen LogP) is 2.81. The fourth-order valence-corrected chi connectivity index (χ4v) is 4.95. The van der Waals surface area contributed by atoms with Crippen LogP contribution in [0, 0.1) is 12.8 Å². The van der Waals surface area contributed by atoms with E-state index < -0.39 is 0 Å². The third kappa shape index (κ3) is 3.93. The normalized spacial score (nSPS) is 23.2. The molecule has 1 aromatic carbocycles. The maximum atomic E-state index is 12.4. The number of aryl methyl sites for hydroxylation is 1. The standard InChI is InChI=1S/C20H23N7O2S/c1-11-9-22-29-17(11)18(28)23-14-4-2-3-12(7-14)19-26-27-20(30-19)24-15-5-6-16-13(8-15)10-21-25-16/h2-4,7,9,13,15-16,21,25H,5-6,8,10H2,1H3,(H,23,28)(H,24,27). The average Bonchev–Trinajstić information content (AvgIpc) is 3.48. The highest BCUT2D eigenvalue weighted by molar-refractivity contribution is 7.18. The van der Waals surface area contributed by atoms with E-state index in [1.807, 2.05) is 24.3 Å². The number of carbonyl (C=O) groups excluding carboxylic acids is 1. The topological polar surface area (TPSA) is 117 Å². The van der Waals surface area contributed by atoms with Crippen molar-refractivity contribution in [2.75, 3.05) is 17.2 Å². The number of amides is 1. The molecule has 1 amide bonds. The SMILES string of the molecule is Cc1cnoc1C(=O)Nc1cccc(-c2nnc(NC3CCC4NNCC4C3)s2)c1. The summed E-state index contributed by atoms with van der Waals surface area (Å²) in [5.74, 6) is 0.551. The molecule has 0 radical (unpaired) electrons. The molecule has 3 atom stereocenters. The molecule has 5 rings (SSSR count). The lowest BCUT2D eigenvalue weighted by atomic mass is 9.83. The first-order chi connectivity index (χ1) is 14.7. The van der Waals surface area contributed by atoms with Gasteiger partial charge in [0.1, 0.15) is 5.01 Å². The Morgan fingerprint density at radius 3 is 3.10 bits per heavy atom. The van der Waals surface area contributed by atoms with Crippen molar-refractivity contribution < 1.29 is 9.32 Å². The van der Waals surface area contributed by atoms with E-state index in [4.69, 9.17) is 4.52 Å². The molecule has 156 valence electrons. The molecule has 3 unspecified atom stereocenters. The number of aromatic nitrogens is 3. The van der Waals surface area contributed by atoms with Crippen LogP contribution in [0.15, 0.2) is 35.0 Å². The summed E-state index contributed by atoms with van der Waals surface area (Å²) >= 11 is 1.53. The van der Waals surface area contributed by atoms with Gasteiger partial charge < -0.3 is 15.2 Å². The summed E-state index contributed by atoms with van der Waals surface area (Å²) in [6.07, 6.45) is 4.93. The summed E-state index contributed by atoms with van der Waals surface area (Å²) in [5, 5.41) is 20.4. The van der Waals surface area contributed by atoms with Crippen molar-refractivity contribution in [3.63, 3.8) is 0 Å². The quantitative estimate of drug-likeness (QED) is 0.493. The number of rotatable bonds is 5. The highest BCUT2D eigenvalue weighted by Crippen LogP contribution is 2.32. The summed E-state index contributed by atoms with van der Waals surface area (Å²) in [4.78, 5) is 12.4. The van der Waals surface area contributed by atoms with Gasteiger partial charge in [0.15, 0.2) is 0 Å². The third-order valence-electron chi connectivity index (χ3n) is 5.71. The van der Waals surface area contributed by atoms with Crippen molar-refractivity contribution in [3.8, 4) is 10.6 Å². The zero-order valence-corrected chi connectivity index (χ0v) is 17.3. The monoisotopic (exact) mass is 425 g/mol. The molecular formula is C20H23N7O2S. The van der Waals surface area contributed by atoms with Crippen LogP contribution in [0.2, 0.25) is 0 Å². The maximum absolute atomic E-state index is 12.4. The third-order valence-corrected chi connectivity index (χ3v) is 6.61. The smallest absolute Gasteiger partial charge is 0.294 e. The maximum Gasteiger partial charge on any atom is 0.294 e. The molecule has 1 saturated heterocycles. The number of benzene rings is 1. The van der Waals surface area contributed by atoms with Gasteiger partial charge in [-0.2, -0.15) is 0 Å². The molecule has 1 aliphatic carbocycles. The lowest BCUT2D eigenvalue weighted by molar-refractivity contribution is 0.0987. The highest BCUT2D eigenvalue weighted by atomic mass is 32.1. The van der Waals surface area contributed by atoms with Crippen LogP contribution in [0.4, 0.5) is 10.8 Å². The number of nitrogens with zero attached hydrogens (tertiary/aromatic N) is 3. The summed E-state index contributed by atoms with van der Waals surface area (Å²) in [6, 6.07) is 8.57. The average molecular weight is 426 g/mol. The zero-order valence-electron chi connectivity index (χ0n) is 16.5. The van der Waals surface area contributed by atoms with Crippen molar-refractivity contribution in [2.24, 2.45) is 5.92 Å². The minimum atomic E-state index is -0.326. The number of nitrogens with one attached hydrogen (secondary N) is 4. The van der Waals surface area contributed by atoms with Gasteiger partial charge >= 0.3 is 0 Å². The first kappa shape index (κ1) is 19.2. The van der Waals surface area contributed by atoms with Gasteiger partial charge in [-0.25, -0.2) is 0 Å². The summed E-state index contributed by atoms with van der Waals surface area (Å²) in [5.41, 5.74) is 8.88. The Labute approximate surface area is 177 Å². The first-order valence-corrected chi connectivity index (χ1v) is 10.9. The number of carbonyl (C=O) groups is 1. The molecule has 2 aliphatic rings. The minimum absolute atomic E-state index is 0.213. The number of hydrogen-bond acceptors (Lipinski definition) is 9. The lowest BCUT2D eigenvalue weighted by Crippen LogP contribution is -2.39. The van der Waals surface area contributed by atoms with Crippen LogP contribution in [-0.2, 0) is 0 Å². The Morgan fingerprint density at radius 2 is 2.23 bits per heavy atom. The lowest BCUT2D eigenvalue weighted by Gasteiger charge is -2.30. The van der Waals surface area contributed by atoms with E-state index in [9.17, 15) is 4.79 Å². The van der Waals surface area contributed by atoms with Gasteiger partial charge in [0.05, 0.1) is 6.20 Å². The molecule has 0 bridgehead atoms. The van der Waals surface area contributed by atoms with Gasteiger partial charge in [-0.3, -0.25) is 15.6 Å². The van der Waals surface area contributed by atoms with E-state index in [1.165, 1.54) is 17.5 Å². The van der Waals surface area contributed by atoms with Crippen LogP contribution in [0.1, 0.15) is 35.4 Å². The Bertz CT molecular complexity index is 1050. The minimum Gasteiger partial charge on any atom is -0.357 e. The van der Waals surface area contributed by atoms with E-state index in [1.54, 1.807) is 6.92 Å². The molecule has 10 heteroatoms. The molecule has 3 heterocycles. The summed E-state index contributed by atoms with van der Waals surface area (Å²) in [7, 11) is 0. The van der Waals surface area contributed by atoms with Crippen molar-refractivity contribution in [2.45, 2.75) is 38.3 Å². The Morgan fingerprint density at radius 1 is 1.30 bits per heavy atom. The number of hydrazine groups is 1. The Balaban J connectivity index is 1.25. The van der Waals surface area contributed by atoms with Gasteiger partial charge in [-0.05, 0) is 44.2 Å². The van der Waals surface area contributed by atoms with E-state index in [2.05, 4.69) is 36.8 Å². The van der Waals surface area contributed by atoms with E-state index >= 15 is 0 Å². The van der Waals surface area contributed by atoms with E-state index in [0.717, 1.165) is 41.5 Å². The second kappa shape index (κ2) is 8.13. The van der Waals surface area contributed by atoms with Crippen LogP contribution in [0.5, 0.6) is 0 Å². The van der Waals surface area contributed by atoms with E-state index in [-0.39, 0.29) is 11.7 Å². The Hall–Kier alpha value is -2.82. The van der Waals surface area contributed by atoms with Crippen LogP contribution >= 0.6 is 11.3 Å². The largest absolute Gasteiger partial charge is 0.357 e. The van der Waals surface area contributed by atoms with Crippen LogP contribution in [-0.4, -0.2) is 39.9 Å². The van der Waals surface area contributed by atoms with Crippen LogP contribution < -0.4 is 21.5 Å². The van der Waals surface area contributed by atoms with Gasteiger partial charge in [0.25, 0.3) is 5.91 Å². The van der Waals surface area contributed by atoms with Gasteiger partial charge in [-0.15, -0.1) is 10.2 Å². The second-order valence-electron chi connectivity index (χ2n) is 7.83. The highest BCUT2D eigenvalue weighted by Gasteiger charge is 2.34. The molecule has 9 nitrogen and oxygen atoms in total. The molecule has 4 N–H and O–H groups in total. The van der Waals surface area contributed by atoms with Crippen molar-refractivity contribution in [1.29, 1.82) is 0 Å². The molecule has 1 aliphatic heterocycles. The van der Waals surface area contributed by atoms with Crippen LogP contribution in [0.3, 0.4) is 0 Å². The van der Waals surface area contributed by atoms with Gasteiger partial charge in [0.2, 0.25) is 10.9 Å². The predicted molar refractivity (Wildman–Crippen MR) is 114 cm³/mol. The number of hydrogen-bond donors (Lipinski definition) is 4. The van der Waals surface area contributed by atoms with Crippen molar-refractivity contribution in [3.05, 3.63) is 41.8 Å². The molecule has 1 saturated carbocycles. The second-order valence-corrected chi connectivity index (χ2v) is 8.81. The van der Waals surface area contributed by atoms with Gasteiger partial charge in [0, 0.05) is 35.4 Å². The molecule has 30 heavy (non-hydrogen) atoms. The van der Waals surface area contributed by atoms with Crippen LogP contribution in [0.25, 0.3) is 10.6 Å². The Kier molecular flexibility index (Phi) is 5.19. The van der Waals surface area contributed by atoms with E-state index in [0.29, 0.717) is 29.3 Å². The molecule has 3 aromatic rings. The summed E-state index contributed by atoms with van der Waals surface area (Å²) < 4.78 is 5.02. The molecular weight excluding hydrogens is 402 g/mol. The van der Waals surface area contributed by atoms with Gasteiger partial charge in [-0.1, -0.05) is 28.6 Å². The fourth-order valence-electron chi connectivity index (χ4n) is 4.13.